The largest absolute Gasteiger partial charge is 0.355 e. The van der Waals surface area contributed by atoms with Gasteiger partial charge in [0.25, 0.3) is 5.91 Å². The highest BCUT2D eigenvalue weighted by Crippen LogP contribution is 2.10. The van der Waals surface area contributed by atoms with Gasteiger partial charge in [-0.15, -0.1) is 0 Å². The summed E-state index contributed by atoms with van der Waals surface area (Å²) in [5.74, 6) is -0.370. The lowest BCUT2D eigenvalue weighted by atomic mass is 10.1. The summed E-state index contributed by atoms with van der Waals surface area (Å²) in [7, 11) is 1.58. The van der Waals surface area contributed by atoms with Crippen LogP contribution in [0.25, 0.3) is 6.08 Å². The van der Waals surface area contributed by atoms with Crippen molar-refractivity contribution in [2.24, 2.45) is 0 Å². The number of anilines is 1. The van der Waals surface area contributed by atoms with Gasteiger partial charge in [0, 0.05) is 24.4 Å². The minimum Gasteiger partial charge on any atom is -0.355 e. The summed E-state index contributed by atoms with van der Waals surface area (Å²) < 4.78 is 0. The Hall–Kier alpha value is -2.88. The number of rotatable bonds is 4. The summed E-state index contributed by atoms with van der Waals surface area (Å²) in [6.45, 7) is 2.02. The number of carbonyl (C=O) groups excluding carboxylic acids is 2. The summed E-state index contributed by atoms with van der Waals surface area (Å²) >= 11 is 0. The third kappa shape index (κ3) is 4.31. The second-order valence-corrected chi connectivity index (χ2v) is 4.89. The van der Waals surface area contributed by atoms with Crippen LogP contribution in [-0.2, 0) is 4.79 Å². The fourth-order valence-electron chi connectivity index (χ4n) is 1.88. The van der Waals surface area contributed by atoms with Gasteiger partial charge in [0.15, 0.2) is 0 Å². The third-order valence-corrected chi connectivity index (χ3v) is 3.15. The molecule has 0 aliphatic heterocycles. The van der Waals surface area contributed by atoms with Crippen LogP contribution < -0.4 is 10.6 Å². The van der Waals surface area contributed by atoms with E-state index in [0.29, 0.717) is 11.3 Å². The molecule has 0 saturated heterocycles. The van der Waals surface area contributed by atoms with Gasteiger partial charge in [-0.2, -0.15) is 0 Å². The Morgan fingerprint density at radius 3 is 2.18 bits per heavy atom. The maximum absolute atomic E-state index is 11.9. The number of amides is 2. The van der Waals surface area contributed by atoms with E-state index >= 15 is 0 Å². The first-order valence-electron chi connectivity index (χ1n) is 6.96. The number of hydrogen-bond donors (Lipinski definition) is 2. The average molecular weight is 294 g/mol. The molecule has 22 heavy (non-hydrogen) atoms. The summed E-state index contributed by atoms with van der Waals surface area (Å²) in [6.07, 6.45) is 3.24. The fourth-order valence-corrected chi connectivity index (χ4v) is 1.88. The van der Waals surface area contributed by atoms with Gasteiger partial charge in [0.2, 0.25) is 5.91 Å². The van der Waals surface area contributed by atoms with Gasteiger partial charge in [-0.1, -0.05) is 29.8 Å². The predicted molar refractivity (Wildman–Crippen MR) is 88.7 cm³/mol. The zero-order valence-electron chi connectivity index (χ0n) is 12.6. The van der Waals surface area contributed by atoms with Crippen LogP contribution in [0.15, 0.2) is 54.6 Å². The fraction of sp³-hybridized carbons (Fsp3) is 0.111. The van der Waals surface area contributed by atoms with Crippen molar-refractivity contribution in [2.75, 3.05) is 12.4 Å². The van der Waals surface area contributed by atoms with Gasteiger partial charge in [-0.3, -0.25) is 9.59 Å². The first-order chi connectivity index (χ1) is 10.6. The van der Waals surface area contributed by atoms with Crippen molar-refractivity contribution in [2.45, 2.75) is 6.92 Å². The Labute approximate surface area is 129 Å². The van der Waals surface area contributed by atoms with E-state index in [9.17, 15) is 9.59 Å². The van der Waals surface area contributed by atoms with Crippen molar-refractivity contribution in [3.8, 4) is 0 Å². The van der Waals surface area contributed by atoms with Gasteiger partial charge >= 0.3 is 0 Å². The zero-order chi connectivity index (χ0) is 15.9. The molecule has 4 nitrogen and oxygen atoms in total. The smallest absolute Gasteiger partial charge is 0.251 e. The Balaban J connectivity index is 1.97. The zero-order valence-corrected chi connectivity index (χ0v) is 12.6. The van der Waals surface area contributed by atoms with Crippen molar-refractivity contribution < 1.29 is 9.59 Å². The van der Waals surface area contributed by atoms with Crippen molar-refractivity contribution in [1.82, 2.24) is 5.32 Å². The molecule has 4 heteroatoms. The standard InChI is InChI=1S/C18H18N2O2/c1-13-3-5-14(6-4-13)7-12-17(21)20-16-10-8-15(9-11-16)18(22)19-2/h3-12H,1-2H3,(H,19,22)(H,20,21)/b12-7+. The molecule has 0 saturated carbocycles. The molecule has 2 rings (SSSR count). The van der Waals surface area contributed by atoms with E-state index in [1.165, 1.54) is 11.6 Å². The number of benzene rings is 2. The molecule has 0 aromatic heterocycles. The molecule has 0 radical (unpaired) electrons. The Morgan fingerprint density at radius 1 is 0.955 bits per heavy atom. The highest BCUT2D eigenvalue weighted by molar-refractivity contribution is 6.02. The molecule has 0 unspecified atom stereocenters. The van der Waals surface area contributed by atoms with Gasteiger partial charge in [-0.05, 0) is 42.8 Å². The molecular weight excluding hydrogens is 276 g/mol. The highest BCUT2D eigenvalue weighted by Gasteiger charge is 2.03. The quantitative estimate of drug-likeness (QED) is 0.852. The molecule has 0 heterocycles. The Morgan fingerprint density at radius 2 is 1.59 bits per heavy atom. The molecule has 0 aliphatic carbocycles. The lowest BCUT2D eigenvalue weighted by molar-refractivity contribution is -0.111. The van der Waals surface area contributed by atoms with Gasteiger partial charge < -0.3 is 10.6 Å². The second-order valence-electron chi connectivity index (χ2n) is 4.89. The van der Waals surface area contributed by atoms with Crippen LogP contribution >= 0.6 is 0 Å². The number of aryl methyl sites for hydroxylation is 1. The van der Waals surface area contributed by atoms with Crippen LogP contribution in [0.3, 0.4) is 0 Å². The molecular formula is C18H18N2O2. The summed E-state index contributed by atoms with van der Waals surface area (Å²) in [5, 5.41) is 5.30. The van der Waals surface area contributed by atoms with Gasteiger partial charge in [0.05, 0.1) is 0 Å². The van der Waals surface area contributed by atoms with E-state index in [1.54, 1.807) is 37.4 Å². The van der Waals surface area contributed by atoms with Gasteiger partial charge in [0.1, 0.15) is 0 Å². The molecule has 112 valence electrons. The molecule has 0 aliphatic rings. The van der Waals surface area contributed by atoms with E-state index in [0.717, 1.165) is 5.56 Å². The molecule has 0 fully saturated rings. The first-order valence-corrected chi connectivity index (χ1v) is 6.96. The van der Waals surface area contributed by atoms with Crippen LogP contribution in [0, 0.1) is 6.92 Å². The summed E-state index contributed by atoms with van der Waals surface area (Å²) in [4.78, 5) is 23.3. The normalized spacial score (nSPS) is 10.5. The minimum absolute atomic E-state index is 0.155. The number of carbonyl (C=O) groups is 2. The molecule has 0 bridgehead atoms. The average Bonchev–Trinajstić information content (AvgIpc) is 2.54. The number of nitrogens with one attached hydrogen (secondary N) is 2. The lowest BCUT2D eigenvalue weighted by Gasteiger charge is -2.04. The van der Waals surface area contributed by atoms with Crippen molar-refractivity contribution >= 4 is 23.6 Å². The molecule has 2 amide bonds. The summed E-state index contributed by atoms with van der Waals surface area (Å²) in [6, 6.07) is 14.6. The molecule has 0 spiro atoms. The van der Waals surface area contributed by atoms with Crippen LogP contribution in [0.5, 0.6) is 0 Å². The maximum Gasteiger partial charge on any atom is 0.251 e. The van der Waals surface area contributed by atoms with E-state index in [1.807, 2.05) is 31.2 Å². The number of hydrogen-bond acceptors (Lipinski definition) is 2. The summed E-state index contributed by atoms with van der Waals surface area (Å²) in [5.41, 5.74) is 3.34. The molecule has 0 atom stereocenters. The van der Waals surface area contributed by atoms with Crippen LogP contribution in [0.2, 0.25) is 0 Å². The molecule has 2 aromatic carbocycles. The predicted octanol–water partition coefficient (Wildman–Crippen LogP) is 3.01. The minimum atomic E-state index is -0.215. The second kappa shape index (κ2) is 7.22. The van der Waals surface area contributed by atoms with Crippen molar-refractivity contribution in [3.63, 3.8) is 0 Å². The van der Waals surface area contributed by atoms with Crippen molar-refractivity contribution in [3.05, 3.63) is 71.3 Å². The Kier molecular flexibility index (Phi) is 5.09. The monoisotopic (exact) mass is 294 g/mol. The third-order valence-electron chi connectivity index (χ3n) is 3.15. The van der Waals surface area contributed by atoms with E-state index in [-0.39, 0.29) is 11.8 Å². The first kappa shape index (κ1) is 15.5. The van der Waals surface area contributed by atoms with E-state index in [2.05, 4.69) is 10.6 Å². The van der Waals surface area contributed by atoms with Crippen LogP contribution in [-0.4, -0.2) is 18.9 Å². The van der Waals surface area contributed by atoms with Crippen molar-refractivity contribution in [1.29, 1.82) is 0 Å². The molecule has 2 N–H and O–H groups in total. The molecule has 2 aromatic rings. The SMILES string of the molecule is CNC(=O)c1ccc(NC(=O)/C=C/c2ccc(C)cc2)cc1. The maximum atomic E-state index is 11.9. The highest BCUT2D eigenvalue weighted by atomic mass is 16.2. The van der Waals surface area contributed by atoms with Crippen LogP contribution in [0.1, 0.15) is 21.5 Å². The van der Waals surface area contributed by atoms with E-state index < -0.39 is 0 Å². The van der Waals surface area contributed by atoms with Crippen LogP contribution in [0.4, 0.5) is 5.69 Å². The lowest BCUT2D eigenvalue weighted by Crippen LogP contribution is -2.17. The van der Waals surface area contributed by atoms with E-state index in [4.69, 9.17) is 0 Å². The topological polar surface area (TPSA) is 58.2 Å². The van der Waals surface area contributed by atoms with Gasteiger partial charge in [-0.25, -0.2) is 0 Å². The Bertz CT molecular complexity index is 686.